The maximum absolute atomic E-state index is 12.9. The highest BCUT2D eigenvalue weighted by molar-refractivity contribution is 5.26. The molecule has 17 heavy (non-hydrogen) atoms. The summed E-state index contributed by atoms with van der Waals surface area (Å²) in [5, 5.41) is 0. The Bertz CT molecular complexity index is 335. The highest BCUT2D eigenvalue weighted by Crippen LogP contribution is 2.26. The predicted octanol–water partition coefficient (Wildman–Crippen LogP) is 2.86. The van der Waals surface area contributed by atoms with E-state index >= 15 is 0 Å². The van der Waals surface area contributed by atoms with Crippen molar-refractivity contribution in [2.75, 3.05) is 13.2 Å². The van der Waals surface area contributed by atoms with Crippen molar-refractivity contribution in [3.63, 3.8) is 0 Å². The number of halogens is 1. The van der Waals surface area contributed by atoms with Gasteiger partial charge in [0.05, 0.1) is 6.61 Å². The van der Waals surface area contributed by atoms with Crippen molar-refractivity contribution in [2.24, 2.45) is 5.73 Å². The molecule has 2 nitrogen and oxygen atoms in total. The molecule has 0 aromatic heterocycles. The number of nitrogens with two attached hydrogens (primary N) is 1. The van der Waals surface area contributed by atoms with Crippen molar-refractivity contribution < 1.29 is 9.13 Å². The van der Waals surface area contributed by atoms with Crippen LogP contribution in [0.2, 0.25) is 0 Å². The Hall–Kier alpha value is -0.930. The molecular formula is C14H22FNO. The Kier molecular flexibility index (Phi) is 5.09. The molecule has 0 saturated carbocycles. The highest BCUT2D eigenvalue weighted by atomic mass is 19.1. The Morgan fingerprint density at radius 2 is 1.88 bits per heavy atom. The molecule has 0 radical (unpaired) electrons. The molecule has 0 aliphatic carbocycles. The van der Waals surface area contributed by atoms with Crippen LogP contribution in [-0.2, 0) is 10.2 Å². The van der Waals surface area contributed by atoms with Crippen LogP contribution in [0.25, 0.3) is 0 Å². The fraction of sp³-hybridized carbons (Fsp3) is 0.571. The highest BCUT2D eigenvalue weighted by Gasteiger charge is 2.28. The van der Waals surface area contributed by atoms with Crippen LogP contribution in [0.15, 0.2) is 24.3 Å². The lowest BCUT2D eigenvalue weighted by Crippen LogP contribution is -2.44. The standard InChI is InChI=1S/C14H22FNO/c1-4-9-17-10-13(16)14(2,3)11-5-7-12(15)8-6-11/h5-8,13H,4,9-10,16H2,1-3H3. The van der Waals surface area contributed by atoms with Gasteiger partial charge in [-0.1, -0.05) is 32.9 Å². The zero-order valence-electron chi connectivity index (χ0n) is 10.9. The van der Waals surface area contributed by atoms with Crippen molar-refractivity contribution in [2.45, 2.75) is 38.6 Å². The van der Waals surface area contributed by atoms with Gasteiger partial charge in [0.15, 0.2) is 0 Å². The van der Waals surface area contributed by atoms with Crippen LogP contribution in [0.4, 0.5) is 4.39 Å². The molecule has 0 aliphatic rings. The van der Waals surface area contributed by atoms with Gasteiger partial charge < -0.3 is 10.5 Å². The van der Waals surface area contributed by atoms with Crippen LogP contribution in [0.3, 0.4) is 0 Å². The second-order valence-corrected chi connectivity index (χ2v) is 4.91. The van der Waals surface area contributed by atoms with E-state index in [0.29, 0.717) is 6.61 Å². The van der Waals surface area contributed by atoms with Gasteiger partial charge in [-0.15, -0.1) is 0 Å². The first-order valence-electron chi connectivity index (χ1n) is 6.08. The molecule has 2 N–H and O–H groups in total. The van der Waals surface area contributed by atoms with Gasteiger partial charge >= 0.3 is 0 Å². The number of hydrogen-bond acceptors (Lipinski definition) is 2. The van der Waals surface area contributed by atoms with E-state index in [9.17, 15) is 4.39 Å². The quantitative estimate of drug-likeness (QED) is 0.775. The van der Waals surface area contributed by atoms with Crippen LogP contribution in [0, 0.1) is 5.82 Å². The summed E-state index contributed by atoms with van der Waals surface area (Å²) < 4.78 is 18.3. The molecule has 0 heterocycles. The van der Waals surface area contributed by atoms with E-state index in [4.69, 9.17) is 10.5 Å². The summed E-state index contributed by atoms with van der Waals surface area (Å²) in [6.07, 6.45) is 0.990. The summed E-state index contributed by atoms with van der Waals surface area (Å²) in [7, 11) is 0. The minimum Gasteiger partial charge on any atom is -0.380 e. The van der Waals surface area contributed by atoms with E-state index in [1.165, 1.54) is 12.1 Å². The average molecular weight is 239 g/mol. The van der Waals surface area contributed by atoms with E-state index in [2.05, 4.69) is 20.8 Å². The maximum Gasteiger partial charge on any atom is 0.123 e. The first-order chi connectivity index (χ1) is 7.98. The van der Waals surface area contributed by atoms with Crippen molar-refractivity contribution in [1.29, 1.82) is 0 Å². The SMILES string of the molecule is CCCOCC(N)C(C)(C)c1ccc(F)cc1. The Morgan fingerprint density at radius 1 is 1.29 bits per heavy atom. The summed E-state index contributed by atoms with van der Waals surface area (Å²) in [5.41, 5.74) is 6.96. The smallest absolute Gasteiger partial charge is 0.123 e. The van der Waals surface area contributed by atoms with Crippen LogP contribution in [0.5, 0.6) is 0 Å². The van der Waals surface area contributed by atoms with Gasteiger partial charge in [0, 0.05) is 18.1 Å². The van der Waals surface area contributed by atoms with E-state index < -0.39 is 0 Å². The number of benzene rings is 1. The molecule has 3 heteroatoms. The summed E-state index contributed by atoms with van der Waals surface area (Å²) in [6.45, 7) is 7.43. The number of rotatable bonds is 6. The Labute approximate surface area is 103 Å². The van der Waals surface area contributed by atoms with Gasteiger partial charge in [0.2, 0.25) is 0 Å². The summed E-state index contributed by atoms with van der Waals surface area (Å²) >= 11 is 0. The first-order valence-corrected chi connectivity index (χ1v) is 6.08. The third-order valence-electron chi connectivity index (χ3n) is 3.16. The first kappa shape index (κ1) is 14.1. The van der Waals surface area contributed by atoms with Gasteiger partial charge in [-0.25, -0.2) is 4.39 Å². The van der Waals surface area contributed by atoms with E-state index in [1.54, 1.807) is 12.1 Å². The summed E-state index contributed by atoms with van der Waals surface area (Å²) in [6, 6.07) is 6.41. The summed E-state index contributed by atoms with van der Waals surface area (Å²) in [5.74, 6) is -0.222. The van der Waals surface area contributed by atoms with Crippen molar-refractivity contribution >= 4 is 0 Å². The third-order valence-corrected chi connectivity index (χ3v) is 3.16. The van der Waals surface area contributed by atoms with Gasteiger partial charge in [-0.2, -0.15) is 0 Å². The van der Waals surface area contributed by atoms with E-state index in [1.807, 2.05) is 0 Å². The van der Waals surface area contributed by atoms with E-state index in [-0.39, 0.29) is 17.3 Å². The zero-order valence-corrected chi connectivity index (χ0v) is 10.9. The molecule has 96 valence electrons. The maximum atomic E-state index is 12.9. The zero-order chi connectivity index (χ0) is 12.9. The molecule has 1 aromatic carbocycles. The van der Waals surface area contributed by atoms with E-state index in [0.717, 1.165) is 18.6 Å². The summed E-state index contributed by atoms with van der Waals surface area (Å²) in [4.78, 5) is 0. The second-order valence-electron chi connectivity index (χ2n) is 4.91. The lowest BCUT2D eigenvalue weighted by Gasteiger charge is -2.32. The molecule has 0 amide bonds. The Balaban J connectivity index is 2.68. The van der Waals surface area contributed by atoms with Gasteiger partial charge in [0.25, 0.3) is 0 Å². The number of ether oxygens (including phenoxy) is 1. The van der Waals surface area contributed by atoms with Gasteiger partial charge in [-0.05, 0) is 24.1 Å². The van der Waals surface area contributed by atoms with Crippen molar-refractivity contribution in [3.05, 3.63) is 35.6 Å². The van der Waals surface area contributed by atoms with Crippen molar-refractivity contribution in [3.8, 4) is 0 Å². The van der Waals surface area contributed by atoms with Crippen LogP contribution >= 0.6 is 0 Å². The minimum absolute atomic E-state index is 0.0977. The molecule has 0 saturated heterocycles. The minimum atomic E-state index is -0.222. The molecule has 0 fully saturated rings. The van der Waals surface area contributed by atoms with Crippen LogP contribution in [0.1, 0.15) is 32.8 Å². The molecule has 1 unspecified atom stereocenters. The molecule has 1 atom stereocenters. The lowest BCUT2D eigenvalue weighted by atomic mass is 9.78. The second kappa shape index (κ2) is 6.12. The largest absolute Gasteiger partial charge is 0.380 e. The third kappa shape index (κ3) is 3.79. The Morgan fingerprint density at radius 3 is 2.41 bits per heavy atom. The molecule has 0 bridgehead atoms. The topological polar surface area (TPSA) is 35.2 Å². The molecule has 0 spiro atoms. The fourth-order valence-corrected chi connectivity index (χ4v) is 1.66. The predicted molar refractivity (Wildman–Crippen MR) is 68.5 cm³/mol. The van der Waals surface area contributed by atoms with Gasteiger partial charge in [-0.3, -0.25) is 0 Å². The monoisotopic (exact) mass is 239 g/mol. The molecule has 1 aromatic rings. The molecular weight excluding hydrogens is 217 g/mol. The average Bonchev–Trinajstić information content (AvgIpc) is 2.29. The number of hydrogen-bond donors (Lipinski definition) is 1. The normalized spacial score (nSPS) is 13.7. The van der Waals surface area contributed by atoms with Crippen LogP contribution in [-0.4, -0.2) is 19.3 Å². The lowest BCUT2D eigenvalue weighted by molar-refractivity contribution is 0.103. The molecule has 0 aliphatic heterocycles. The van der Waals surface area contributed by atoms with Crippen LogP contribution < -0.4 is 5.73 Å². The fourth-order valence-electron chi connectivity index (χ4n) is 1.66. The van der Waals surface area contributed by atoms with Gasteiger partial charge in [0.1, 0.15) is 5.82 Å². The molecule has 1 rings (SSSR count). The van der Waals surface area contributed by atoms with Crippen molar-refractivity contribution in [1.82, 2.24) is 0 Å².